The first kappa shape index (κ1) is 16.1. The van der Waals surface area contributed by atoms with Gasteiger partial charge in [-0.2, -0.15) is 0 Å². The van der Waals surface area contributed by atoms with Crippen molar-refractivity contribution >= 4 is 23.6 Å². The Hall–Kier alpha value is -1.32. The maximum absolute atomic E-state index is 11.9. The minimum atomic E-state index is -0.114. The third-order valence-electron chi connectivity index (χ3n) is 4.16. The number of aliphatic hydroxyl groups excluding tert-OH is 1. The van der Waals surface area contributed by atoms with Crippen LogP contribution in [0.4, 0.5) is 0 Å². The Kier molecular flexibility index (Phi) is 6.27. The Morgan fingerprint density at radius 1 is 1.29 bits per heavy atom. The maximum Gasteiger partial charge on any atom is 0.244 e. The molecule has 2 rings (SSSR count). The van der Waals surface area contributed by atoms with Gasteiger partial charge < -0.3 is 10.4 Å². The quantitative estimate of drug-likeness (QED) is 0.820. The van der Waals surface area contributed by atoms with Crippen LogP contribution in [0.3, 0.4) is 0 Å². The minimum Gasteiger partial charge on any atom is -0.396 e. The van der Waals surface area contributed by atoms with Crippen molar-refractivity contribution < 1.29 is 9.90 Å². The zero-order valence-electron chi connectivity index (χ0n) is 12.1. The summed E-state index contributed by atoms with van der Waals surface area (Å²) in [6.45, 7) is 0.854. The first-order chi connectivity index (χ1) is 10.2. The zero-order valence-corrected chi connectivity index (χ0v) is 12.9. The van der Waals surface area contributed by atoms with E-state index in [0.717, 1.165) is 18.4 Å². The fourth-order valence-electron chi connectivity index (χ4n) is 2.86. The summed E-state index contributed by atoms with van der Waals surface area (Å²) in [5.74, 6) is 0.602. The Labute approximate surface area is 131 Å². The lowest BCUT2D eigenvalue weighted by Gasteiger charge is -2.30. The third kappa shape index (κ3) is 4.87. The lowest BCUT2D eigenvalue weighted by molar-refractivity contribution is -0.116. The van der Waals surface area contributed by atoms with E-state index in [9.17, 15) is 9.90 Å². The van der Waals surface area contributed by atoms with Crippen molar-refractivity contribution in [2.45, 2.75) is 25.7 Å². The molecule has 1 fully saturated rings. The third-order valence-corrected chi connectivity index (χ3v) is 4.50. The normalized spacial score (nSPS) is 22.4. The molecule has 2 N–H and O–H groups in total. The molecule has 0 saturated heterocycles. The summed E-state index contributed by atoms with van der Waals surface area (Å²) in [4.78, 5) is 11.9. The number of halogens is 1. The molecule has 1 saturated carbocycles. The van der Waals surface area contributed by atoms with Gasteiger partial charge in [0.25, 0.3) is 0 Å². The SMILES string of the molecule is O=C(C=Cc1ccccc1Cl)NCC1CCCCC1CO. The van der Waals surface area contributed by atoms with Gasteiger partial charge >= 0.3 is 0 Å². The van der Waals surface area contributed by atoms with E-state index in [1.807, 2.05) is 18.2 Å². The highest BCUT2D eigenvalue weighted by Crippen LogP contribution is 2.29. The molecular formula is C17H22ClNO2. The van der Waals surface area contributed by atoms with Crippen LogP contribution in [0, 0.1) is 11.8 Å². The molecule has 0 heterocycles. The summed E-state index contributed by atoms with van der Waals surface area (Å²) in [5, 5.41) is 12.9. The monoisotopic (exact) mass is 307 g/mol. The van der Waals surface area contributed by atoms with E-state index in [0.29, 0.717) is 23.4 Å². The van der Waals surface area contributed by atoms with E-state index < -0.39 is 0 Å². The van der Waals surface area contributed by atoms with Crippen molar-refractivity contribution in [3.8, 4) is 0 Å². The second kappa shape index (κ2) is 8.20. The number of carbonyl (C=O) groups excluding carboxylic acids is 1. The molecule has 2 atom stereocenters. The van der Waals surface area contributed by atoms with Crippen molar-refractivity contribution in [2.24, 2.45) is 11.8 Å². The Bertz CT molecular complexity index is 501. The van der Waals surface area contributed by atoms with Crippen molar-refractivity contribution in [1.82, 2.24) is 5.32 Å². The number of hydrogen-bond donors (Lipinski definition) is 2. The van der Waals surface area contributed by atoms with Crippen LogP contribution < -0.4 is 5.32 Å². The van der Waals surface area contributed by atoms with Crippen LogP contribution in [0.1, 0.15) is 31.2 Å². The van der Waals surface area contributed by atoms with E-state index in [4.69, 9.17) is 11.6 Å². The van der Waals surface area contributed by atoms with Gasteiger partial charge in [0, 0.05) is 24.3 Å². The maximum atomic E-state index is 11.9. The van der Waals surface area contributed by atoms with Gasteiger partial charge in [-0.3, -0.25) is 4.79 Å². The van der Waals surface area contributed by atoms with Crippen molar-refractivity contribution in [3.63, 3.8) is 0 Å². The minimum absolute atomic E-state index is 0.114. The molecule has 1 aromatic rings. The molecule has 2 unspecified atom stereocenters. The van der Waals surface area contributed by atoms with Gasteiger partial charge in [-0.1, -0.05) is 42.6 Å². The average Bonchev–Trinajstić information content (AvgIpc) is 2.52. The first-order valence-corrected chi connectivity index (χ1v) is 7.90. The van der Waals surface area contributed by atoms with Gasteiger partial charge in [-0.15, -0.1) is 0 Å². The number of benzene rings is 1. The molecule has 0 aliphatic heterocycles. The van der Waals surface area contributed by atoms with Crippen LogP contribution >= 0.6 is 11.6 Å². The fourth-order valence-corrected chi connectivity index (χ4v) is 3.06. The molecule has 0 bridgehead atoms. The largest absolute Gasteiger partial charge is 0.396 e. The summed E-state index contributed by atoms with van der Waals surface area (Å²) in [6.07, 6.45) is 7.75. The number of carbonyl (C=O) groups is 1. The van der Waals surface area contributed by atoms with E-state index in [2.05, 4.69) is 5.32 Å². The van der Waals surface area contributed by atoms with Gasteiger partial charge in [0.1, 0.15) is 0 Å². The van der Waals surface area contributed by atoms with Gasteiger partial charge in [-0.05, 0) is 42.4 Å². The topological polar surface area (TPSA) is 49.3 Å². The van der Waals surface area contributed by atoms with E-state index in [1.165, 1.54) is 18.9 Å². The van der Waals surface area contributed by atoms with Gasteiger partial charge in [-0.25, -0.2) is 0 Å². The van der Waals surface area contributed by atoms with Crippen LogP contribution in [-0.4, -0.2) is 24.2 Å². The first-order valence-electron chi connectivity index (χ1n) is 7.52. The Morgan fingerprint density at radius 3 is 2.71 bits per heavy atom. The predicted octanol–water partition coefficient (Wildman–Crippen LogP) is 3.27. The standard InChI is InChI=1S/C17H22ClNO2/c18-16-8-4-3-5-13(16)9-10-17(21)19-11-14-6-1-2-7-15(14)12-20/h3-5,8-10,14-15,20H,1-2,6-7,11-12H2,(H,19,21). The molecule has 0 aromatic heterocycles. The van der Waals surface area contributed by atoms with Gasteiger partial charge in [0.2, 0.25) is 5.91 Å². The van der Waals surface area contributed by atoms with Crippen LogP contribution in [0.25, 0.3) is 6.08 Å². The van der Waals surface area contributed by atoms with E-state index >= 15 is 0 Å². The van der Waals surface area contributed by atoms with Gasteiger partial charge in [0.05, 0.1) is 0 Å². The predicted molar refractivity (Wildman–Crippen MR) is 86.0 cm³/mol. The summed E-state index contributed by atoms with van der Waals surface area (Å²) in [7, 11) is 0. The molecule has 21 heavy (non-hydrogen) atoms. The second-order valence-corrected chi connectivity index (χ2v) is 5.99. The molecular weight excluding hydrogens is 286 g/mol. The number of amides is 1. The molecule has 3 nitrogen and oxygen atoms in total. The van der Waals surface area contributed by atoms with Crippen LogP contribution in [0.15, 0.2) is 30.3 Å². The lowest BCUT2D eigenvalue weighted by atomic mass is 9.79. The Balaban J connectivity index is 1.83. The number of rotatable bonds is 5. The fraction of sp³-hybridized carbons (Fsp3) is 0.471. The molecule has 1 aliphatic carbocycles. The van der Waals surface area contributed by atoms with Crippen molar-refractivity contribution in [1.29, 1.82) is 0 Å². The molecule has 114 valence electrons. The average molecular weight is 308 g/mol. The highest BCUT2D eigenvalue weighted by Gasteiger charge is 2.24. The molecule has 1 amide bonds. The number of hydrogen-bond acceptors (Lipinski definition) is 2. The smallest absolute Gasteiger partial charge is 0.244 e. The van der Waals surface area contributed by atoms with E-state index in [1.54, 1.807) is 12.1 Å². The van der Waals surface area contributed by atoms with E-state index in [-0.39, 0.29) is 12.5 Å². The van der Waals surface area contributed by atoms with Crippen LogP contribution in [-0.2, 0) is 4.79 Å². The molecule has 0 radical (unpaired) electrons. The second-order valence-electron chi connectivity index (χ2n) is 5.59. The molecule has 1 aliphatic rings. The van der Waals surface area contributed by atoms with Crippen molar-refractivity contribution in [3.05, 3.63) is 40.9 Å². The summed E-state index contributed by atoms with van der Waals surface area (Å²) in [6, 6.07) is 7.41. The Morgan fingerprint density at radius 2 is 2.00 bits per heavy atom. The number of nitrogens with one attached hydrogen (secondary N) is 1. The van der Waals surface area contributed by atoms with Gasteiger partial charge in [0.15, 0.2) is 0 Å². The van der Waals surface area contributed by atoms with Crippen molar-refractivity contribution in [2.75, 3.05) is 13.2 Å². The van der Waals surface area contributed by atoms with Crippen LogP contribution in [0.2, 0.25) is 5.02 Å². The highest BCUT2D eigenvalue weighted by molar-refractivity contribution is 6.32. The summed E-state index contributed by atoms with van der Waals surface area (Å²) >= 11 is 6.03. The number of aliphatic hydroxyl groups is 1. The molecule has 4 heteroatoms. The lowest BCUT2D eigenvalue weighted by Crippen LogP contribution is -2.34. The summed E-state index contributed by atoms with van der Waals surface area (Å²) < 4.78 is 0. The highest BCUT2D eigenvalue weighted by atomic mass is 35.5. The molecule has 0 spiro atoms. The zero-order chi connectivity index (χ0) is 15.1. The summed E-state index contributed by atoms with van der Waals surface area (Å²) in [5.41, 5.74) is 0.834. The van der Waals surface area contributed by atoms with Crippen LogP contribution in [0.5, 0.6) is 0 Å². The molecule has 1 aromatic carbocycles.